The Bertz CT molecular complexity index is 1400. The number of para-hydroxylation sites is 2. The molecule has 0 radical (unpaired) electrons. The summed E-state index contributed by atoms with van der Waals surface area (Å²) in [7, 11) is 0. The lowest BCUT2D eigenvalue weighted by molar-refractivity contribution is -0.117. The second kappa shape index (κ2) is 10.6. The Morgan fingerprint density at radius 3 is 2.62 bits per heavy atom. The number of aryl methyl sites for hydroxylation is 2. The average molecular weight is 500 g/mol. The summed E-state index contributed by atoms with van der Waals surface area (Å²) in [5.41, 5.74) is 4.79. The molecule has 0 aliphatic carbocycles. The molecule has 1 amide bonds. The quantitative estimate of drug-likeness (QED) is 0.350. The molecule has 0 bridgehead atoms. The number of hydrogen-bond donors (Lipinski definition) is 1. The van der Waals surface area contributed by atoms with Crippen molar-refractivity contribution >= 4 is 22.6 Å². The van der Waals surface area contributed by atoms with Gasteiger partial charge in [-0.05, 0) is 74.4 Å². The van der Waals surface area contributed by atoms with E-state index in [1.807, 2.05) is 97.0 Å². The number of aliphatic hydroxyl groups is 1. The Balaban J connectivity index is 1.36. The third kappa shape index (κ3) is 5.32. The Labute approximate surface area is 217 Å². The van der Waals surface area contributed by atoms with Gasteiger partial charge in [0.05, 0.1) is 24.2 Å². The number of aliphatic hydroxyl groups excluding tert-OH is 1. The number of anilines is 1. The number of nitrogens with zero attached hydrogens (tertiary/aromatic N) is 3. The fraction of sp³-hybridized carbons (Fsp3) is 0.333. The van der Waals surface area contributed by atoms with Crippen LogP contribution in [0.3, 0.4) is 0 Å². The van der Waals surface area contributed by atoms with Crippen LogP contribution in [0.1, 0.15) is 36.2 Å². The van der Waals surface area contributed by atoms with Crippen molar-refractivity contribution < 1.29 is 19.4 Å². The summed E-state index contributed by atoms with van der Waals surface area (Å²) in [6.07, 6.45) is -0.374. The first-order chi connectivity index (χ1) is 17.9. The summed E-state index contributed by atoms with van der Waals surface area (Å²) in [5, 5.41) is 11.0. The minimum Gasteiger partial charge on any atom is -0.494 e. The van der Waals surface area contributed by atoms with Crippen LogP contribution in [-0.2, 0) is 11.3 Å². The molecule has 192 valence electrons. The monoisotopic (exact) mass is 499 g/mol. The van der Waals surface area contributed by atoms with Gasteiger partial charge in [-0.25, -0.2) is 4.98 Å². The lowest BCUT2D eigenvalue weighted by Gasteiger charge is -2.19. The lowest BCUT2D eigenvalue weighted by Crippen LogP contribution is -2.26. The summed E-state index contributed by atoms with van der Waals surface area (Å²) in [5.74, 6) is 2.36. The zero-order valence-electron chi connectivity index (χ0n) is 21.6. The SMILES string of the molecule is CCOc1ccc(N2C[C@H](c3nc4ccccc4n3C[C@H](O)COc3cc(C)ccc3C)CC2=O)cc1. The van der Waals surface area contributed by atoms with E-state index < -0.39 is 6.10 Å². The highest BCUT2D eigenvalue weighted by Gasteiger charge is 2.35. The standard InChI is InChI=1S/C30H33N3O4/c1-4-36-25-13-11-23(12-14-25)32-17-22(16-29(32)35)30-31-26-7-5-6-8-27(26)33(30)18-24(34)19-37-28-15-20(2)9-10-21(28)3/h5-15,22,24,34H,4,16-19H2,1-3H3/t22-,24+/m1/s1. The molecule has 7 nitrogen and oxygen atoms in total. The van der Waals surface area contributed by atoms with Gasteiger partial charge in [-0.15, -0.1) is 0 Å². The summed E-state index contributed by atoms with van der Waals surface area (Å²) in [4.78, 5) is 19.7. The minimum atomic E-state index is -0.740. The number of carbonyl (C=O) groups is 1. The summed E-state index contributed by atoms with van der Waals surface area (Å²) >= 11 is 0. The van der Waals surface area contributed by atoms with E-state index >= 15 is 0 Å². The van der Waals surface area contributed by atoms with Gasteiger partial charge in [0.1, 0.15) is 30.0 Å². The number of amides is 1. The number of rotatable bonds is 9. The van der Waals surface area contributed by atoms with E-state index in [1.54, 1.807) is 0 Å². The molecular weight excluding hydrogens is 466 g/mol. The molecule has 1 aliphatic rings. The number of benzene rings is 3. The molecule has 0 saturated carbocycles. The molecule has 5 rings (SSSR count). The van der Waals surface area contributed by atoms with Gasteiger partial charge >= 0.3 is 0 Å². The highest BCUT2D eigenvalue weighted by Crippen LogP contribution is 2.34. The van der Waals surface area contributed by atoms with Crippen LogP contribution >= 0.6 is 0 Å². The maximum atomic E-state index is 13.0. The zero-order chi connectivity index (χ0) is 25.9. The maximum Gasteiger partial charge on any atom is 0.227 e. The molecule has 2 atom stereocenters. The first-order valence-electron chi connectivity index (χ1n) is 12.8. The van der Waals surface area contributed by atoms with E-state index in [2.05, 4.69) is 0 Å². The van der Waals surface area contributed by atoms with E-state index in [9.17, 15) is 9.90 Å². The largest absolute Gasteiger partial charge is 0.494 e. The van der Waals surface area contributed by atoms with Crippen LogP contribution in [0, 0.1) is 13.8 Å². The molecule has 37 heavy (non-hydrogen) atoms. The molecule has 7 heteroatoms. The molecule has 0 unspecified atom stereocenters. The van der Waals surface area contributed by atoms with E-state index in [1.165, 1.54) is 0 Å². The molecule has 1 saturated heterocycles. The molecule has 1 N–H and O–H groups in total. The number of carbonyl (C=O) groups excluding carboxylic acids is 1. The number of aromatic nitrogens is 2. The highest BCUT2D eigenvalue weighted by atomic mass is 16.5. The van der Waals surface area contributed by atoms with Gasteiger partial charge in [0.2, 0.25) is 5.91 Å². The third-order valence-corrected chi connectivity index (χ3v) is 6.80. The average Bonchev–Trinajstić information content (AvgIpc) is 3.46. The highest BCUT2D eigenvalue weighted by molar-refractivity contribution is 5.96. The van der Waals surface area contributed by atoms with Crippen LogP contribution in [0.4, 0.5) is 5.69 Å². The number of fused-ring (bicyclic) bond motifs is 1. The number of imidazole rings is 1. The Kier molecular flexibility index (Phi) is 7.15. The lowest BCUT2D eigenvalue weighted by atomic mass is 10.1. The predicted octanol–water partition coefficient (Wildman–Crippen LogP) is 5.01. The molecular formula is C30H33N3O4. The van der Waals surface area contributed by atoms with Crippen molar-refractivity contribution in [3.8, 4) is 11.5 Å². The van der Waals surface area contributed by atoms with Crippen LogP contribution in [0.25, 0.3) is 11.0 Å². The Morgan fingerprint density at radius 2 is 1.84 bits per heavy atom. The van der Waals surface area contributed by atoms with Gasteiger partial charge in [-0.3, -0.25) is 4.79 Å². The van der Waals surface area contributed by atoms with Crippen LogP contribution in [0.5, 0.6) is 11.5 Å². The van der Waals surface area contributed by atoms with Gasteiger partial charge in [0, 0.05) is 24.6 Å². The molecule has 2 heterocycles. The van der Waals surface area contributed by atoms with Gasteiger partial charge in [-0.1, -0.05) is 24.3 Å². The van der Waals surface area contributed by atoms with E-state index in [0.717, 1.165) is 45.2 Å². The van der Waals surface area contributed by atoms with Gasteiger partial charge in [-0.2, -0.15) is 0 Å². The van der Waals surface area contributed by atoms with E-state index in [0.29, 0.717) is 26.1 Å². The summed E-state index contributed by atoms with van der Waals surface area (Å²) in [6.45, 7) is 7.59. The predicted molar refractivity (Wildman–Crippen MR) is 144 cm³/mol. The Hall–Kier alpha value is -3.84. The maximum absolute atomic E-state index is 13.0. The fourth-order valence-electron chi connectivity index (χ4n) is 4.93. The fourth-order valence-corrected chi connectivity index (χ4v) is 4.93. The van der Waals surface area contributed by atoms with Crippen molar-refractivity contribution in [3.63, 3.8) is 0 Å². The second-order valence-electron chi connectivity index (χ2n) is 9.64. The number of hydrogen-bond acceptors (Lipinski definition) is 5. The Morgan fingerprint density at radius 1 is 1.05 bits per heavy atom. The molecule has 4 aromatic rings. The molecule has 1 fully saturated rings. The van der Waals surface area contributed by atoms with Crippen LogP contribution < -0.4 is 14.4 Å². The van der Waals surface area contributed by atoms with Gasteiger partial charge in [0.25, 0.3) is 0 Å². The van der Waals surface area contributed by atoms with E-state index in [-0.39, 0.29) is 18.4 Å². The second-order valence-corrected chi connectivity index (χ2v) is 9.64. The van der Waals surface area contributed by atoms with Gasteiger partial charge in [0.15, 0.2) is 0 Å². The van der Waals surface area contributed by atoms with E-state index in [4.69, 9.17) is 14.5 Å². The minimum absolute atomic E-state index is 0.0616. The summed E-state index contributed by atoms with van der Waals surface area (Å²) in [6, 6.07) is 21.6. The van der Waals surface area contributed by atoms with Crippen LogP contribution in [0.2, 0.25) is 0 Å². The van der Waals surface area contributed by atoms with Crippen molar-refractivity contribution in [2.45, 2.75) is 45.8 Å². The smallest absolute Gasteiger partial charge is 0.227 e. The zero-order valence-corrected chi connectivity index (χ0v) is 21.6. The van der Waals surface area contributed by atoms with Crippen molar-refractivity contribution in [1.82, 2.24) is 9.55 Å². The third-order valence-electron chi connectivity index (χ3n) is 6.80. The summed E-state index contributed by atoms with van der Waals surface area (Å²) < 4.78 is 13.6. The van der Waals surface area contributed by atoms with Crippen LogP contribution in [0.15, 0.2) is 66.7 Å². The first-order valence-corrected chi connectivity index (χ1v) is 12.8. The van der Waals surface area contributed by atoms with Crippen molar-refractivity contribution in [2.24, 2.45) is 0 Å². The molecule has 1 aliphatic heterocycles. The topological polar surface area (TPSA) is 76.8 Å². The van der Waals surface area contributed by atoms with Crippen molar-refractivity contribution in [3.05, 3.63) is 83.7 Å². The van der Waals surface area contributed by atoms with Crippen molar-refractivity contribution in [1.29, 1.82) is 0 Å². The number of ether oxygens (including phenoxy) is 2. The van der Waals surface area contributed by atoms with Crippen molar-refractivity contribution in [2.75, 3.05) is 24.7 Å². The molecule has 0 spiro atoms. The van der Waals surface area contributed by atoms with Crippen LogP contribution in [-0.4, -0.2) is 46.4 Å². The normalized spacial score (nSPS) is 16.4. The molecule has 3 aromatic carbocycles. The first kappa shape index (κ1) is 24.8. The molecule has 1 aromatic heterocycles. The van der Waals surface area contributed by atoms with Gasteiger partial charge < -0.3 is 24.0 Å².